The van der Waals surface area contributed by atoms with E-state index in [4.69, 9.17) is 11.6 Å². The standard InChI is InChI=1S/C11H9ClN4O2/c1-6-5-8(12)15-11(14-6)16-10(18)7-3-2-4-13-9(7)17/h2-5H,1H3,(H,13,17)(H,14,15,16,18). The van der Waals surface area contributed by atoms with E-state index < -0.39 is 11.5 Å². The van der Waals surface area contributed by atoms with Crippen molar-refractivity contribution in [2.45, 2.75) is 6.92 Å². The summed E-state index contributed by atoms with van der Waals surface area (Å²) in [5.74, 6) is -0.522. The Kier molecular flexibility index (Phi) is 3.38. The summed E-state index contributed by atoms with van der Waals surface area (Å²) in [6.07, 6.45) is 1.44. The fourth-order valence-corrected chi connectivity index (χ4v) is 1.59. The Morgan fingerprint density at radius 3 is 2.89 bits per heavy atom. The molecule has 2 N–H and O–H groups in total. The largest absolute Gasteiger partial charge is 0.328 e. The van der Waals surface area contributed by atoms with Gasteiger partial charge in [0.2, 0.25) is 5.95 Å². The van der Waals surface area contributed by atoms with Gasteiger partial charge in [-0.2, -0.15) is 0 Å². The molecule has 0 atom stereocenters. The van der Waals surface area contributed by atoms with Crippen LogP contribution in [0.3, 0.4) is 0 Å². The van der Waals surface area contributed by atoms with Crippen molar-refractivity contribution >= 4 is 23.5 Å². The molecule has 2 aromatic heterocycles. The van der Waals surface area contributed by atoms with Gasteiger partial charge in [-0.15, -0.1) is 0 Å². The third-order valence-corrected chi connectivity index (χ3v) is 2.30. The molecule has 0 spiro atoms. The van der Waals surface area contributed by atoms with E-state index in [1.54, 1.807) is 19.1 Å². The van der Waals surface area contributed by atoms with Crippen LogP contribution in [0.5, 0.6) is 0 Å². The van der Waals surface area contributed by atoms with Crippen LogP contribution in [0.4, 0.5) is 5.95 Å². The summed E-state index contributed by atoms with van der Waals surface area (Å²) in [5, 5.41) is 2.64. The zero-order valence-electron chi connectivity index (χ0n) is 9.40. The first-order valence-corrected chi connectivity index (χ1v) is 5.44. The molecule has 1 amide bonds. The predicted molar refractivity (Wildman–Crippen MR) is 66.8 cm³/mol. The summed E-state index contributed by atoms with van der Waals surface area (Å²) in [6.45, 7) is 1.72. The fourth-order valence-electron chi connectivity index (χ4n) is 1.36. The highest BCUT2D eigenvalue weighted by atomic mass is 35.5. The van der Waals surface area contributed by atoms with E-state index in [-0.39, 0.29) is 16.7 Å². The number of carbonyl (C=O) groups excluding carboxylic acids is 1. The second-order valence-corrected chi connectivity index (χ2v) is 3.91. The zero-order valence-corrected chi connectivity index (χ0v) is 10.2. The monoisotopic (exact) mass is 264 g/mol. The molecule has 0 radical (unpaired) electrons. The van der Waals surface area contributed by atoms with Gasteiger partial charge in [0.05, 0.1) is 0 Å². The van der Waals surface area contributed by atoms with Crippen molar-refractivity contribution in [2.24, 2.45) is 0 Å². The number of hydrogen-bond acceptors (Lipinski definition) is 4. The van der Waals surface area contributed by atoms with Gasteiger partial charge in [0, 0.05) is 11.9 Å². The highest BCUT2D eigenvalue weighted by molar-refractivity contribution is 6.29. The lowest BCUT2D eigenvalue weighted by Crippen LogP contribution is -2.23. The molecule has 2 rings (SSSR count). The van der Waals surface area contributed by atoms with Gasteiger partial charge in [-0.3, -0.25) is 14.9 Å². The molecular weight excluding hydrogens is 256 g/mol. The zero-order chi connectivity index (χ0) is 13.1. The summed E-state index contributed by atoms with van der Waals surface area (Å²) in [5.41, 5.74) is 0.125. The highest BCUT2D eigenvalue weighted by Gasteiger charge is 2.11. The van der Waals surface area contributed by atoms with Crippen LogP contribution in [0.15, 0.2) is 29.2 Å². The van der Waals surface area contributed by atoms with Crippen LogP contribution in [0.1, 0.15) is 16.1 Å². The van der Waals surface area contributed by atoms with E-state index in [1.807, 2.05) is 0 Å². The van der Waals surface area contributed by atoms with Crippen molar-refractivity contribution < 1.29 is 4.79 Å². The highest BCUT2D eigenvalue weighted by Crippen LogP contribution is 2.10. The van der Waals surface area contributed by atoms with Crippen LogP contribution < -0.4 is 10.9 Å². The Bertz CT molecular complexity index is 633. The summed E-state index contributed by atoms with van der Waals surface area (Å²) in [7, 11) is 0. The normalized spacial score (nSPS) is 10.1. The molecule has 0 aliphatic carbocycles. The molecule has 7 heteroatoms. The predicted octanol–water partition coefficient (Wildman–Crippen LogP) is 1.38. The van der Waals surface area contributed by atoms with Crippen LogP contribution in [0.2, 0.25) is 5.15 Å². The summed E-state index contributed by atoms with van der Waals surface area (Å²) >= 11 is 5.74. The SMILES string of the molecule is Cc1cc(Cl)nc(NC(=O)c2ccc[nH]c2=O)n1. The lowest BCUT2D eigenvalue weighted by molar-refractivity contribution is 0.102. The van der Waals surface area contributed by atoms with Crippen LogP contribution in [0, 0.1) is 6.92 Å². The Balaban J connectivity index is 2.27. The van der Waals surface area contributed by atoms with Gasteiger partial charge < -0.3 is 4.98 Å². The fraction of sp³-hybridized carbons (Fsp3) is 0.0909. The number of H-pyrrole nitrogens is 1. The molecular formula is C11H9ClN4O2. The maximum Gasteiger partial charge on any atom is 0.263 e. The number of aryl methyl sites for hydroxylation is 1. The number of nitrogens with zero attached hydrogens (tertiary/aromatic N) is 2. The quantitative estimate of drug-likeness (QED) is 0.802. The van der Waals surface area contributed by atoms with Crippen molar-refractivity contribution in [3.8, 4) is 0 Å². The molecule has 0 bridgehead atoms. The van der Waals surface area contributed by atoms with Crippen molar-refractivity contribution in [1.82, 2.24) is 15.0 Å². The van der Waals surface area contributed by atoms with Gasteiger partial charge in [0.15, 0.2) is 0 Å². The van der Waals surface area contributed by atoms with Gasteiger partial charge in [0.25, 0.3) is 11.5 Å². The molecule has 0 aliphatic heterocycles. The summed E-state index contributed by atoms with van der Waals surface area (Å²) in [6, 6.07) is 4.53. The molecule has 0 aromatic carbocycles. The van der Waals surface area contributed by atoms with Gasteiger partial charge in [-0.05, 0) is 25.1 Å². The lowest BCUT2D eigenvalue weighted by atomic mass is 10.2. The van der Waals surface area contributed by atoms with Gasteiger partial charge in [0.1, 0.15) is 10.7 Å². The number of halogens is 1. The maximum atomic E-state index is 11.8. The minimum absolute atomic E-state index is 0.0151. The molecule has 18 heavy (non-hydrogen) atoms. The van der Waals surface area contributed by atoms with Gasteiger partial charge >= 0.3 is 0 Å². The van der Waals surface area contributed by atoms with Crippen molar-refractivity contribution in [1.29, 1.82) is 0 Å². The number of pyridine rings is 1. The molecule has 0 saturated heterocycles. The number of rotatable bonds is 2. The Labute approximate surface area is 107 Å². The van der Waals surface area contributed by atoms with E-state index >= 15 is 0 Å². The van der Waals surface area contributed by atoms with E-state index in [9.17, 15) is 9.59 Å². The molecule has 92 valence electrons. The average Bonchev–Trinajstić information content (AvgIpc) is 2.27. The number of hydrogen-bond donors (Lipinski definition) is 2. The van der Waals surface area contributed by atoms with Crippen LogP contribution in [-0.4, -0.2) is 20.9 Å². The first-order chi connectivity index (χ1) is 8.56. The number of aromatic nitrogens is 3. The number of anilines is 1. The molecule has 0 aliphatic rings. The van der Waals surface area contributed by atoms with Crippen molar-refractivity contribution in [3.63, 3.8) is 0 Å². The van der Waals surface area contributed by atoms with E-state index in [2.05, 4.69) is 20.3 Å². The molecule has 6 nitrogen and oxygen atoms in total. The van der Waals surface area contributed by atoms with E-state index in [1.165, 1.54) is 12.3 Å². The Hall–Kier alpha value is -2.21. The first kappa shape index (κ1) is 12.3. The van der Waals surface area contributed by atoms with Crippen molar-refractivity contribution in [3.05, 3.63) is 51.2 Å². The third kappa shape index (κ3) is 2.72. The number of amides is 1. The topological polar surface area (TPSA) is 87.7 Å². The average molecular weight is 265 g/mol. The third-order valence-electron chi connectivity index (χ3n) is 2.11. The molecule has 0 saturated carbocycles. The number of carbonyl (C=O) groups is 1. The smallest absolute Gasteiger partial charge is 0.263 e. The van der Waals surface area contributed by atoms with E-state index in [0.29, 0.717) is 5.69 Å². The first-order valence-electron chi connectivity index (χ1n) is 5.06. The second-order valence-electron chi connectivity index (χ2n) is 3.52. The number of aromatic amines is 1. The minimum atomic E-state index is -0.585. The van der Waals surface area contributed by atoms with Gasteiger partial charge in [-0.1, -0.05) is 11.6 Å². The molecule has 2 aromatic rings. The molecule has 2 heterocycles. The minimum Gasteiger partial charge on any atom is -0.328 e. The summed E-state index contributed by atoms with van der Waals surface area (Å²) < 4.78 is 0. The number of nitrogens with one attached hydrogen (secondary N) is 2. The Morgan fingerprint density at radius 1 is 1.44 bits per heavy atom. The van der Waals surface area contributed by atoms with E-state index in [0.717, 1.165) is 0 Å². The Morgan fingerprint density at radius 2 is 2.22 bits per heavy atom. The van der Waals surface area contributed by atoms with Gasteiger partial charge in [-0.25, -0.2) is 9.97 Å². The second kappa shape index (κ2) is 4.97. The van der Waals surface area contributed by atoms with Crippen LogP contribution >= 0.6 is 11.6 Å². The maximum absolute atomic E-state index is 11.8. The summed E-state index contributed by atoms with van der Waals surface area (Å²) in [4.78, 5) is 33.4. The van der Waals surface area contributed by atoms with Crippen molar-refractivity contribution in [2.75, 3.05) is 5.32 Å². The molecule has 0 fully saturated rings. The van der Waals surface area contributed by atoms with Crippen LogP contribution in [0.25, 0.3) is 0 Å². The molecule has 0 unspecified atom stereocenters. The lowest BCUT2D eigenvalue weighted by Gasteiger charge is -2.04. The van der Waals surface area contributed by atoms with Crippen LogP contribution in [-0.2, 0) is 0 Å².